The maximum Gasteiger partial charge on any atom is 0.338 e. The van der Waals surface area contributed by atoms with Crippen LogP contribution in [0.25, 0.3) is 0 Å². The molecule has 0 aromatic heterocycles. The number of benzene rings is 2. The Morgan fingerprint density at radius 1 is 0.690 bits per heavy atom. The van der Waals surface area contributed by atoms with Crippen LogP contribution in [-0.2, 0) is 14.2 Å². The lowest BCUT2D eigenvalue weighted by Gasteiger charge is -2.40. The number of carbonyl (C=O) groups excluding carboxylic acids is 2. The van der Waals surface area contributed by atoms with Crippen LogP contribution in [0.5, 0.6) is 0 Å². The summed E-state index contributed by atoms with van der Waals surface area (Å²) >= 11 is 0. The van der Waals surface area contributed by atoms with Gasteiger partial charge in [-0.3, -0.25) is 0 Å². The second-order valence-electron chi connectivity index (χ2n) is 8.21. The van der Waals surface area contributed by atoms with Gasteiger partial charge in [0.05, 0.1) is 23.3 Å². The highest BCUT2D eigenvalue weighted by Crippen LogP contribution is 2.51. The molecular weight excluding hydrogens is 368 g/mol. The molecule has 2 aliphatic heterocycles. The Morgan fingerprint density at radius 3 is 1.52 bits per heavy atom. The summed E-state index contributed by atoms with van der Waals surface area (Å²) in [5.74, 6) is -0.0132. The van der Waals surface area contributed by atoms with Gasteiger partial charge in [0.1, 0.15) is 12.2 Å². The second-order valence-corrected chi connectivity index (χ2v) is 8.21. The molecule has 0 amide bonds. The molecule has 1 aliphatic carbocycles. The molecule has 3 fully saturated rings. The first-order chi connectivity index (χ1) is 14.2. The smallest absolute Gasteiger partial charge is 0.338 e. The van der Waals surface area contributed by atoms with E-state index in [-0.39, 0.29) is 24.1 Å². The van der Waals surface area contributed by atoms with Crippen molar-refractivity contribution >= 4 is 11.9 Å². The van der Waals surface area contributed by atoms with E-state index in [9.17, 15) is 9.59 Å². The molecule has 2 bridgehead atoms. The first-order valence-corrected chi connectivity index (χ1v) is 10.4. The molecular formula is C24H24O5. The molecule has 1 saturated carbocycles. The number of ether oxygens (including phenoxy) is 3. The Morgan fingerprint density at radius 2 is 1.10 bits per heavy atom. The predicted octanol–water partition coefficient (Wildman–Crippen LogP) is 4.03. The topological polar surface area (TPSA) is 61.8 Å². The van der Waals surface area contributed by atoms with Crippen LogP contribution < -0.4 is 0 Å². The van der Waals surface area contributed by atoms with Crippen molar-refractivity contribution < 1.29 is 23.8 Å². The third-order valence-electron chi connectivity index (χ3n) is 6.55. The Kier molecular flexibility index (Phi) is 4.84. The van der Waals surface area contributed by atoms with Gasteiger partial charge in [0.15, 0.2) is 0 Å². The summed E-state index contributed by atoms with van der Waals surface area (Å²) in [6.07, 6.45) is 3.06. The molecule has 0 radical (unpaired) electrons. The molecule has 5 nitrogen and oxygen atoms in total. The van der Waals surface area contributed by atoms with Crippen LogP contribution in [-0.4, -0.2) is 36.4 Å². The minimum absolute atomic E-state index is 0.244. The Labute approximate surface area is 170 Å². The number of hydrogen-bond acceptors (Lipinski definition) is 5. The van der Waals surface area contributed by atoms with Gasteiger partial charge in [-0.15, -0.1) is 0 Å². The molecule has 150 valence electrons. The van der Waals surface area contributed by atoms with Gasteiger partial charge in [-0.25, -0.2) is 9.59 Å². The van der Waals surface area contributed by atoms with E-state index in [1.54, 1.807) is 24.3 Å². The highest BCUT2D eigenvalue weighted by molar-refractivity contribution is 5.90. The van der Waals surface area contributed by atoms with Crippen LogP contribution in [0, 0.1) is 11.8 Å². The first-order valence-electron chi connectivity index (χ1n) is 10.4. The van der Waals surface area contributed by atoms with Gasteiger partial charge in [0.2, 0.25) is 0 Å². The van der Waals surface area contributed by atoms with Crippen LogP contribution in [0.4, 0.5) is 0 Å². The van der Waals surface area contributed by atoms with Crippen LogP contribution in [0.15, 0.2) is 60.7 Å². The Balaban J connectivity index is 1.35. The Bertz CT molecular complexity index is 807. The van der Waals surface area contributed by atoms with E-state index < -0.39 is 12.2 Å². The normalized spacial score (nSPS) is 32.4. The monoisotopic (exact) mass is 392 g/mol. The summed E-state index contributed by atoms with van der Waals surface area (Å²) in [7, 11) is 0. The molecule has 2 heterocycles. The van der Waals surface area contributed by atoms with Crippen molar-refractivity contribution in [3.63, 3.8) is 0 Å². The summed E-state index contributed by atoms with van der Waals surface area (Å²) < 4.78 is 17.9. The SMILES string of the molecule is O=C(OC1CC2C3CCC(O3)C2CC1OC(=O)c1ccccc1)c1ccccc1. The lowest BCUT2D eigenvalue weighted by atomic mass is 9.69. The van der Waals surface area contributed by atoms with Gasteiger partial charge in [-0.05, 0) is 61.8 Å². The third-order valence-corrected chi connectivity index (χ3v) is 6.55. The maximum atomic E-state index is 12.7. The van der Waals surface area contributed by atoms with Gasteiger partial charge < -0.3 is 14.2 Å². The quantitative estimate of drug-likeness (QED) is 0.736. The van der Waals surface area contributed by atoms with Gasteiger partial charge in [-0.1, -0.05) is 36.4 Å². The average Bonchev–Trinajstić information content (AvgIpc) is 3.37. The summed E-state index contributed by atoms with van der Waals surface area (Å²) in [5.41, 5.74) is 1.01. The standard InChI is InChI=1S/C24H24O5/c25-23(15-7-3-1-4-8-15)28-21-13-17-18(20-12-11-19(17)27-20)14-22(21)29-24(26)16-9-5-2-6-10-16/h1-10,17-22H,11-14H2. The van der Waals surface area contributed by atoms with Crippen molar-refractivity contribution in [3.05, 3.63) is 71.8 Å². The highest BCUT2D eigenvalue weighted by Gasteiger charge is 2.55. The molecule has 2 saturated heterocycles. The average molecular weight is 392 g/mol. The van der Waals surface area contributed by atoms with Crippen LogP contribution in [0.3, 0.4) is 0 Å². The first kappa shape index (κ1) is 18.4. The lowest BCUT2D eigenvalue weighted by Crippen LogP contribution is -2.47. The fourth-order valence-corrected chi connectivity index (χ4v) is 5.17. The zero-order chi connectivity index (χ0) is 19.8. The predicted molar refractivity (Wildman–Crippen MR) is 105 cm³/mol. The number of fused-ring (bicyclic) bond motifs is 5. The summed E-state index contributed by atoms with van der Waals surface area (Å²) in [5, 5.41) is 0. The molecule has 0 N–H and O–H groups in total. The number of esters is 2. The van der Waals surface area contributed by atoms with Gasteiger partial charge in [-0.2, -0.15) is 0 Å². The molecule has 5 heteroatoms. The van der Waals surface area contributed by atoms with E-state index >= 15 is 0 Å². The molecule has 0 spiro atoms. The molecule has 3 aliphatic rings. The number of carbonyl (C=O) groups is 2. The molecule has 2 aromatic rings. The highest BCUT2D eigenvalue weighted by atomic mass is 16.6. The molecule has 29 heavy (non-hydrogen) atoms. The van der Waals surface area contributed by atoms with Crippen LogP contribution in [0.1, 0.15) is 46.4 Å². The fourth-order valence-electron chi connectivity index (χ4n) is 5.17. The van der Waals surface area contributed by atoms with Crippen molar-refractivity contribution in [2.24, 2.45) is 11.8 Å². The van der Waals surface area contributed by atoms with E-state index in [0.717, 1.165) is 12.8 Å². The number of rotatable bonds is 4. The van der Waals surface area contributed by atoms with E-state index in [4.69, 9.17) is 14.2 Å². The summed E-state index contributed by atoms with van der Waals surface area (Å²) in [4.78, 5) is 25.3. The van der Waals surface area contributed by atoms with E-state index in [1.807, 2.05) is 36.4 Å². The summed E-state index contributed by atoms with van der Waals surface area (Å²) in [6.45, 7) is 0. The van der Waals surface area contributed by atoms with Gasteiger partial charge >= 0.3 is 11.9 Å². The van der Waals surface area contributed by atoms with E-state index in [2.05, 4.69) is 0 Å². The molecule has 5 rings (SSSR count). The lowest BCUT2D eigenvalue weighted by molar-refractivity contribution is -0.0758. The minimum atomic E-state index is -0.459. The zero-order valence-electron chi connectivity index (χ0n) is 16.1. The third kappa shape index (κ3) is 3.55. The Hall–Kier alpha value is -2.66. The number of hydrogen-bond donors (Lipinski definition) is 0. The zero-order valence-corrected chi connectivity index (χ0v) is 16.1. The van der Waals surface area contributed by atoms with Crippen molar-refractivity contribution in [2.45, 2.75) is 50.1 Å². The van der Waals surface area contributed by atoms with Crippen LogP contribution in [0.2, 0.25) is 0 Å². The van der Waals surface area contributed by atoms with Gasteiger partial charge in [0, 0.05) is 0 Å². The van der Waals surface area contributed by atoms with E-state index in [1.165, 1.54) is 0 Å². The molecule has 6 unspecified atom stereocenters. The second kappa shape index (κ2) is 7.64. The van der Waals surface area contributed by atoms with Crippen molar-refractivity contribution in [3.8, 4) is 0 Å². The minimum Gasteiger partial charge on any atom is -0.455 e. The van der Waals surface area contributed by atoms with Gasteiger partial charge in [0.25, 0.3) is 0 Å². The van der Waals surface area contributed by atoms with Crippen molar-refractivity contribution in [2.75, 3.05) is 0 Å². The maximum absolute atomic E-state index is 12.7. The summed E-state index contributed by atoms with van der Waals surface area (Å²) in [6, 6.07) is 17.9. The van der Waals surface area contributed by atoms with Crippen molar-refractivity contribution in [1.29, 1.82) is 0 Å². The largest absolute Gasteiger partial charge is 0.455 e. The fraction of sp³-hybridized carbons (Fsp3) is 0.417. The van der Waals surface area contributed by atoms with Crippen molar-refractivity contribution in [1.82, 2.24) is 0 Å². The molecule has 6 atom stereocenters. The van der Waals surface area contributed by atoms with E-state index in [0.29, 0.717) is 35.8 Å². The molecule has 2 aromatic carbocycles. The van der Waals surface area contributed by atoms with Crippen LogP contribution >= 0.6 is 0 Å².